The quantitative estimate of drug-likeness (QED) is 0.821. The first-order valence-corrected chi connectivity index (χ1v) is 5.59. The summed E-state index contributed by atoms with van der Waals surface area (Å²) in [4.78, 5) is 10.9. The number of benzene rings is 1. The fraction of sp³-hybridized carbons (Fsp3) is 0.300. The number of hydrogen-bond acceptors (Lipinski definition) is 2. The highest BCUT2D eigenvalue weighted by Crippen LogP contribution is 2.35. The van der Waals surface area contributed by atoms with E-state index in [0.717, 1.165) is 12.1 Å². The van der Waals surface area contributed by atoms with Crippen LogP contribution >= 0.6 is 24.2 Å². The summed E-state index contributed by atoms with van der Waals surface area (Å²) in [6, 6.07) is 3.50. The van der Waals surface area contributed by atoms with Crippen LogP contribution in [0.4, 0.5) is 13.2 Å². The van der Waals surface area contributed by atoms with E-state index in [1.54, 1.807) is 0 Å². The largest absolute Gasteiger partial charge is 0.417 e. The highest BCUT2D eigenvalue weighted by Gasteiger charge is 2.33. The number of hydrogen-bond donors (Lipinski definition) is 2. The van der Waals surface area contributed by atoms with Gasteiger partial charge in [0.2, 0.25) is 5.91 Å². The zero-order valence-corrected chi connectivity index (χ0v) is 10.2. The van der Waals surface area contributed by atoms with Gasteiger partial charge in [0.15, 0.2) is 0 Å². The van der Waals surface area contributed by atoms with Gasteiger partial charge in [-0.25, -0.2) is 0 Å². The lowest BCUT2D eigenvalue weighted by atomic mass is 10.1. The Bertz CT molecular complexity index is 423. The van der Waals surface area contributed by atoms with Gasteiger partial charge in [0.05, 0.1) is 16.3 Å². The molecule has 1 aromatic carbocycles. The summed E-state index contributed by atoms with van der Waals surface area (Å²) < 4.78 is 37.5. The van der Waals surface area contributed by atoms with Gasteiger partial charge in [-0.15, -0.1) is 0 Å². The predicted molar refractivity (Wildman–Crippen MR) is 62.2 cm³/mol. The second-order valence-corrected chi connectivity index (χ2v) is 3.97. The third-order valence-electron chi connectivity index (χ3n) is 1.97. The Morgan fingerprint density at radius 1 is 1.41 bits per heavy atom. The number of amides is 1. The molecular weight excluding hydrogens is 275 g/mol. The van der Waals surface area contributed by atoms with E-state index in [4.69, 9.17) is 11.6 Å². The van der Waals surface area contributed by atoms with Crippen LogP contribution in [0.2, 0.25) is 5.02 Å². The van der Waals surface area contributed by atoms with Crippen molar-refractivity contribution in [1.82, 2.24) is 5.32 Å². The monoisotopic (exact) mass is 283 g/mol. The number of nitrogens with one attached hydrogen (secondary N) is 1. The van der Waals surface area contributed by atoms with E-state index in [1.165, 1.54) is 6.07 Å². The molecule has 2 nitrogen and oxygen atoms in total. The van der Waals surface area contributed by atoms with E-state index in [2.05, 4.69) is 17.9 Å². The average Bonchev–Trinajstić information content (AvgIpc) is 2.26. The molecular formula is C10H9ClF3NOS. The van der Waals surface area contributed by atoms with Gasteiger partial charge < -0.3 is 5.32 Å². The van der Waals surface area contributed by atoms with Gasteiger partial charge in [0.25, 0.3) is 0 Å². The van der Waals surface area contributed by atoms with Crippen molar-refractivity contribution in [3.05, 3.63) is 34.3 Å². The summed E-state index contributed by atoms with van der Waals surface area (Å²) in [6.45, 7) is 0.0135. The van der Waals surface area contributed by atoms with E-state index < -0.39 is 11.7 Å². The molecule has 0 saturated heterocycles. The molecule has 0 aliphatic heterocycles. The first-order chi connectivity index (χ1) is 7.84. The van der Waals surface area contributed by atoms with E-state index in [0.29, 0.717) is 5.56 Å². The van der Waals surface area contributed by atoms with Crippen molar-refractivity contribution in [2.75, 3.05) is 5.75 Å². The summed E-state index contributed by atoms with van der Waals surface area (Å²) in [7, 11) is 0. The molecule has 0 aliphatic rings. The van der Waals surface area contributed by atoms with Crippen molar-refractivity contribution in [2.45, 2.75) is 12.7 Å². The lowest BCUT2D eigenvalue weighted by molar-refractivity contribution is -0.137. The fourth-order valence-corrected chi connectivity index (χ4v) is 1.49. The van der Waals surface area contributed by atoms with Crippen LogP contribution in [0.3, 0.4) is 0 Å². The van der Waals surface area contributed by atoms with Crippen molar-refractivity contribution in [2.24, 2.45) is 0 Å². The van der Waals surface area contributed by atoms with Crippen LogP contribution in [-0.4, -0.2) is 11.7 Å². The number of thiol groups is 1. The Labute approximate surface area is 107 Å². The van der Waals surface area contributed by atoms with Gasteiger partial charge in [-0.1, -0.05) is 17.7 Å². The molecule has 0 aromatic heterocycles. The number of rotatable bonds is 3. The zero-order valence-electron chi connectivity index (χ0n) is 8.51. The highest BCUT2D eigenvalue weighted by molar-refractivity contribution is 7.81. The van der Waals surface area contributed by atoms with Crippen LogP contribution < -0.4 is 5.32 Å². The van der Waals surface area contributed by atoms with Gasteiger partial charge >= 0.3 is 6.18 Å². The number of carbonyl (C=O) groups is 1. The molecule has 0 heterocycles. The van der Waals surface area contributed by atoms with E-state index >= 15 is 0 Å². The fourth-order valence-electron chi connectivity index (χ4n) is 1.16. The molecule has 0 fully saturated rings. The molecule has 0 saturated carbocycles. The van der Waals surface area contributed by atoms with Crippen LogP contribution in [0.1, 0.15) is 11.1 Å². The number of alkyl halides is 3. The van der Waals surface area contributed by atoms with Crippen LogP contribution in [-0.2, 0) is 17.5 Å². The van der Waals surface area contributed by atoms with Gasteiger partial charge in [0.1, 0.15) is 0 Å². The molecule has 0 atom stereocenters. The summed E-state index contributed by atoms with van der Waals surface area (Å²) in [5.41, 5.74) is -0.575. The molecule has 17 heavy (non-hydrogen) atoms. The first kappa shape index (κ1) is 14.2. The molecule has 1 rings (SSSR count). The van der Waals surface area contributed by atoms with E-state index in [9.17, 15) is 18.0 Å². The Morgan fingerprint density at radius 3 is 2.59 bits per heavy atom. The highest BCUT2D eigenvalue weighted by atomic mass is 35.5. The summed E-state index contributed by atoms with van der Waals surface area (Å²) in [6.07, 6.45) is -4.50. The van der Waals surface area contributed by atoms with E-state index in [1.807, 2.05) is 0 Å². The Hall–Kier alpha value is -0.880. The maximum absolute atomic E-state index is 12.5. The Morgan fingerprint density at radius 2 is 2.06 bits per heavy atom. The predicted octanol–water partition coefficient (Wildman–Crippen LogP) is 2.90. The standard InChI is InChI=1S/C10H9ClF3NOS/c11-8-2-1-6(4-15-9(16)5-17)3-7(8)10(12,13)14/h1-3,17H,4-5H2,(H,15,16). The van der Waals surface area contributed by atoms with Gasteiger partial charge in [-0.05, 0) is 17.7 Å². The van der Waals surface area contributed by atoms with Crippen molar-refractivity contribution in [3.63, 3.8) is 0 Å². The maximum atomic E-state index is 12.5. The van der Waals surface area contributed by atoms with Gasteiger partial charge in [-0.3, -0.25) is 4.79 Å². The Kier molecular flexibility index (Phi) is 4.70. The van der Waals surface area contributed by atoms with Crippen molar-refractivity contribution in [3.8, 4) is 0 Å². The SMILES string of the molecule is O=C(CS)NCc1ccc(Cl)c(C(F)(F)F)c1. The normalized spacial score (nSPS) is 11.4. The molecule has 1 aromatic rings. The van der Waals surface area contributed by atoms with Crippen LogP contribution in [0.25, 0.3) is 0 Å². The molecule has 0 radical (unpaired) electrons. The Balaban J connectivity index is 2.86. The van der Waals surface area contributed by atoms with Gasteiger partial charge in [-0.2, -0.15) is 25.8 Å². The number of halogens is 4. The van der Waals surface area contributed by atoms with Crippen LogP contribution in [0, 0.1) is 0 Å². The summed E-state index contributed by atoms with van der Waals surface area (Å²) >= 11 is 9.18. The minimum Gasteiger partial charge on any atom is -0.351 e. The summed E-state index contributed by atoms with van der Waals surface area (Å²) in [5, 5.41) is 2.06. The zero-order chi connectivity index (χ0) is 13.1. The lowest BCUT2D eigenvalue weighted by Gasteiger charge is -2.11. The molecule has 7 heteroatoms. The average molecular weight is 284 g/mol. The third-order valence-corrected chi connectivity index (χ3v) is 2.59. The summed E-state index contributed by atoms with van der Waals surface area (Å²) in [5.74, 6) is -0.364. The first-order valence-electron chi connectivity index (χ1n) is 4.57. The second-order valence-electron chi connectivity index (χ2n) is 3.25. The van der Waals surface area contributed by atoms with Crippen molar-refractivity contribution in [1.29, 1.82) is 0 Å². The molecule has 0 spiro atoms. The molecule has 0 unspecified atom stereocenters. The minimum absolute atomic E-state index is 0.0135. The molecule has 0 aliphatic carbocycles. The minimum atomic E-state index is -4.50. The van der Waals surface area contributed by atoms with Crippen LogP contribution in [0.5, 0.6) is 0 Å². The third kappa shape index (κ3) is 4.12. The molecule has 0 bridgehead atoms. The smallest absolute Gasteiger partial charge is 0.351 e. The maximum Gasteiger partial charge on any atom is 0.417 e. The number of carbonyl (C=O) groups excluding carboxylic acids is 1. The second kappa shape index (κ2) is 5.64. The topological polar surface area (TPSA) is 29.1 Å². The van der Waals surface area contributed by atoms with Crippen molar-refractivity contribution < 1.29 is 18.0 Å². The van der Waals surface area contributed by atoms with Crippen molar-refractivity contribution >= 4 is 30.1 Å². The van der Waals surface area contributed by atoms with E-state index in [-0.39, 0.29) is 23.2 Å². The lowest BCUT2D eigenvalue weighted by Crippen LogP contribution is -2.23. The van der Waals surface area contributed by atoms with Crippen LogP contribution in [0.15, 0.2) is 18.2 Å². The van der Waals surface area contributed by atoms with Gasteiger partial charge in [0, 0.05) is 6.54 Å². The molecule has 1 N–H and O–H groups in total. The molecule has 1 amide bonds. The molecule has 94 valence electrons.